The van der Waals surface area contributed by atoms with E-state index in [-0.39, 0.29) is 12.0 Å². The Labute approximate surface area is 102 Å². The van der Waals surface area contributed by atoms with E-state index in [0.717, 1.165) is 5.69 Å². The number of hydrogen-bond donors (Lipinski definition) is 2. The molecule has 5 nitrogen and oxygen atoms in total. The first-order chi connectivity index (χ1) is 8.13. The van der Waals surface area contributed by atoms with Crippen molar-refractivity contribution in [3.8, 4) is 5.88 Å². The van der Waals surface area contributed by atoms with Crippen LogP contribution in [0.3, 0.4) is 0 Å². The average Bonchev–Trinajstić information content (AvgIpc) is 2.30. The Kier molecular flexibility index (Phi) is 5.26. The SMILES string of the molecule is CNC(=O)CCNc1cccnc1OC(C)C. The molecule has 0 fully saturated rings. The van der Waals surface area contributed by atoms with E-state index in [1.54, 1.807) is 13.2 Å². The number of aromatic nitrogens is 1. The molecule has 0 saturated carbocycles. The van der Waals surface area contributed by atoms with Gasteiger partial charge in [0.15, 0.2) is 0 Å². The molecule has 0 spiro atoms. The van der Waals surface area contributed by atoms with Crippen LogP contribution >= 0.6 is 0 Å². The molecular weight excluding hydrogens is 218 g/mol. The second-order valence-corrected chi connectivity index (χ2v) is 3.87. The summed E-state index contributed by atoms with van der Waals surface area (Å²) in [4.78, 5) is 15.2. The standard InChI is InChI=1S/C12H19N3O2/c1-9(2)17-12-10(5-4-7-15-12)14-8-6-11(16)13-3/h4-5,7,9,14H,6,8H2,1-3H3,(H,13,16). The van der Waals surface area contributed by atoms with Crippen molar-refractivity contribution in [3.63, 3.8) is 0 Å². The molecule has 17 heavy (non-hydrogen) atoms. The molecule has 1 heterocycles. The highest BCUT2D eigenvalue weighted by Crippen LogP contribution is 2.21. The van der Waals surface area contributed by atoms with Crippen molar-refractivity contribution in [2.75, 3.05) is 18.9 Å². The fourth-order valence-electron chi connectivity index (χ4n) is 1.28. The summed E-state index contributed by atoms with van der Waals surface area (Å²) in [6, 6.07) is 3.71. The van der Waals surface area contributed by atoms with Gasteiger partial charge in [-0.2, -0.15) is 0 Å². The quantitative estimate of drug-likeness (QED) is 0.785. The fraction of sp³-hybridized carbons (Fsp3) is 0.500. The highest BCUT2D eigenvalue weighted by Gasteiger charge is 2.06. The van der Waals surface area contributed by atoms with Crippen LogP contribution in [0.15, 0.2) is 18.3 Å². The van der Waals surface area contributed by atoms with Crippen LogP contribution in [0.5, 0.6) is 5.88 Å². The molecule has 0 aromatic carbocycles. The minimum absolute atomic E-state index is 0.00715. The van der Waals surface area contributed by atoms with Crippen molar-refractivity contribution in [2.24, 2.45) is 0 Å². The predicted molar refractivity (Wildman–Crippen MR) is 67.2 cm³/mol. The van der Waals surface area contributed by atoms with Gasteiger partial charge >= 0.3 is 0 Å². The van der Waals surface area contributed by atoms with Gasteiger partial charge in [-0.25, -0.2) is 4.98 Å². The minimum atomic E-state index is 0.00715. The highest BCUT2D eigenvalue weighted by molar-refractivity contribution is 5.76. The number of amides is 1. The van der Waals surface area contributed by atoms with Crippen molar-refractivity contribution in [2.45, 2.75) is 26.4 Å². The van der Waals surface area contributed by atoms with Crippen LogP contribution in [-0.2, 0) is 4.79 Å². The van der Waals surface area contributed by atoms with Crippen molar-refractivity contribution in [1.29, 1.82) is 0 Å². The number of rotatable bonds is 6. The van der Waals surface area contributed by atoms with Crippen LogP contribution in [0.1, 0.15) is 20.3 Å². The van der Waals surface area contributed by atoms with E-state index in [2.05, 4.69) is 15.6 Å². The second-order valence-electron chi connectivity index (χ2n) is 3.87. The number of carbonyl (C=O) groups excluding carboxylic acids is 1. The smallest absolute Gasteiger partial charge is 0.237 e. The third-order valence-corrected chi connectivity index (χ3v) is 2.06. The van der Waals surface area contributed by atoms with Gasteiger partial charge in [-0.3, -0.25) is 4.79 Å². The number of nitrogens with one attached hydrogen (secondary N) is 2. The summed E-state index contributed by atoms with van der Waals surface area (Å²) in [6.07, 6.45) is 2.18. The van der Waals surface area contributed by atoms with E-state index in [1.807, 2.05) is 26.0 Å². The first-order valence-electron chi connectivity index (χ1n) is 5.69. The third-order valence-electron chi connectivity index (χ3n) is 2.06. The van der Waals surface area contributed by atoms with E-state index in [4.69, 9.17) is 4.74 Å². The van der Waals surface area contributed by atoms with E-state index in [9.17, 15) is 4.79 Å². The Morgan fingerprint density at radius 1 is 1.53 bits per heavy atom. The van der Waals surface area contributed by atoms with E-state index >= 15 is 0 Å². The average molecular weight is 237 g/mol. The van der Waals surface area contributed by atoms with Crippen LogP contribution in [0.4, 0.5) is 5.69 Å². The molecule has 0 aliphatic rings. The van der Waals surface area contributed by atoms with Crippen LogP contribution in [0.25, 0.3) is 0 Å². The zero-order chi connectivity index (χ0) is 12.7. The van der Waals surface area contributed by atoms with Crippen molar-refractivity contribution < 1.29 is 9.53 Å². The number of anilines is 1. The summed E-state index contributed by atoms with van der Waals surface area (Å²) in [5.74, 6) is 0.576. The topological polar surface area (TPSA) is 63.2 Å². The molecule has 0 aliphatic carbocycles. The van der Waals surface area contributed by atoms with Crippen molar-refractivity contribution in [1.82, 2.24) is 10.3 Å². The number of pyridine rings is 1. The molecule has 1 amide bonds. The number of carbonyl (C=O) groups is 1. The Bertz CT molecular complexity index is 367. The molecule has 1 aromatic heterocycles. The predicted octanol–water partition coefficient (Wildman–Crippen LogP) is 1.42. The summed E-state index contributed by atoms with van der Waals surface area (Å²) in [7, 11) is 1.62. The van der Waals surface area contributed by atoms with Gasteiger partial charge < -0.3 is 15.4 Å². The monoisotopic (exact) mass is 237 g/mol. The summed E-state index contributed by atoms with van der Waals surface area (Å²) in [6.45, 7) is 4.45. The first kappa shape index (κ1) is 13.3. The van der Waals surface area contributed by atoms with Crippen LogP contribution < -0.4 is 15.4 Å². The van der Waals surface area contributed by atoms with E-state index in [1.165, 1.54) is 0 Å². The number of ether oxygens (including phenoxy) is 1. The molecule has 0 radical (unpaired) electrons. The van der Waals surface area contributed by atoms with Gasteiger partial charge in [-0.15, -0.1) is 0 Å². The summed E-state index contributed by atoms with van der Waals surface area (Å²) < 4.78 is 5.56. The minimum Gasteiger partial charge on any atom is -0.473 e. The van der Waals surface area contributed by atoms with Gasteiger partial charge in [-0.1, -0.05) is 0 Å². The van der Waals surface area contributed by atoms with Gasteiger partial charge in [0, 0.05) is 26.2 Å². The Morgan fingerprint density at radius 2 is 2.29 bits per heavy atom. The molecule has 1 aromatic rings. The first-order valence-corrected chi connectivity index (χ1v) is 5.69. The van der Waals surface area contributed by atoms with E-state index < -0.39 is 0 Å². The number of hydrogen-bond acceptors (Lipinski definition) is 4. The normalized spacial score (nSPS) is 10.1. The molecule has 5 heteroatoms. The van der Waals surface area contributed by atoms with Gasteiger partial charge in [0.2, 0.25) is 11.8 Å². The molecule has 0 unspecified atom stereocenters. The van der Waals surface area contributed by atoms with Gasteiger partial charge in [0.1, 0.15) is 0 Å². The number of nitrogens with zero attached hydrogens (tertiary/aromatic N) is 1. The van der Waals surface area contributed by atoms with Crippen molar-refractivity contribution in [3.05, 3.63) is 18.3 Å². The lowest BCUT2D eigenvalue weighted by Crippen LogP contribution is -2.21. The molecule has 0 bridgehead atoms. The Hall–Kier alpha value is -1.78. The molecular formula is C12H19N3O2. The summed E-state index contributed by atoms with van der Waals surface area (Å²) >= 11 is 0. The highest BCUT2D eigenvalue weighted by atomic mass is 16.5. The lowest BCUT2D eigenvalue weighted by atomic mass is 10.3. The third kappa shape index (κ3) is 4.72. The maximum atomic E-state index is 11.1. The molecule has 94 valence electrons. The fourth-order valence-corrected chi connectivity index (χ4v) is 1.28. The zero-order valence-electron chi connectivity index (χ0n) is 10.5. The van der Waals surface area contributed by atoms with Crippen molar-refractivity contribution >= 4 is 11.6 Å². The summed E-state index contributed by atoms with van der Waals surface area (Å²) in [5, 5.41) is 5.71. The van der Waals surface area contributed by atoms with E-state index in [0.29, 0.717) is 18.8 Å². The lowest BCUT2D eigenvalue weighted by molar-refractivity contribution is -0.120. The van der Waals surface area contributed by atoms with Crippen LogP contribution in [-0.4, -0.2) is 30.6 Å². The maximum absolute atomic E-state index is 11.1. The Balaban J connectivity index is 2.54. The maximum Gasteiger partial charge on any atom is 0.237 e. The molecule has 2 N–H and O–H groups in total. The zero-order valence-corrected chi connectivity index (χ0v) is 10.5. The molecule has 1 rings (SSSR count). The van der Waals surface area contributed by atoms with Crippen LogP contribution in [0, 0.1) is 0 Å². The van der Waals surface area contributed by atoms with Gasteiger partial charge in [-0.05, 0) is 26.0 Å². The molecule has 0 atom stereocenters. The second kappa shape index (κ2) is 6.73. The van der Waals surface area contributed by atoms with Gasteiger partial charge in [0.05, 0.1) is 11.8 Å². The van der Waals surface area contributed by atoms with Gasteiger partial charge in [0.25, 0.3) is 0 Å². The molecule has 0 saturated heterocycles. The Morgan fingerprint density at radius 3 is 2.94 bits per heavy atom. The lowest BCUT2D eigenvalue weighted by Gasteiger charge is -2.13. The van der Waals surface area contributed by atoms with Crippen LogP contribution in [0.2, 0.25) is 0 Å². The largest absolute Gasteiger partial charge is 0.473 e. The molecule has 0 aliphatic heterocycles. The summed E-state index contributed by atoms with van der Waals surface area (Å²) in [5.41, 5.74) is 0.810.